The molecule has 1 fully saturated rings. The molecule has 3 heterocycles. The Morgan fingerprint density at radius 3 is 3.00 bits per heavy atom. The highest BCUT2D eigenvalue weighted by atomic mass is 15.2. The van der Waals surface area contributed by atoms with Crippen LogP contribution in [0.15, 0.2) is 36.9 Å². The molecule has 2 aromatic heterocycles. The Labute approximate surface area is 107 Å². The van der Waals surface area contributed by atoms with Gasteiger partial charge in [-0.25, -0.2) is 9.97 Å². The number of hydrogen-bond acceptors (Lipinski definition) is 3. The number of rotatable bonds is 3. The molecule has 0 aromatic carbocycles. The molecule has 3 rings (SSSR count). The first-order valence-electron chi connectivity index (χ1n) is 6.60. The van der Waals surface area contributed by atoms with Crippen molar-refractivity contribution >= 4 is 5.82 Å². The number of nitrogens with zero attached hydrogens (tertiary/aromatic N) is 4. The van der Waals surface area contributed by atoms with E-state index in [2.05, 4.69) is 28.9 Å². The molecule has 0 aliphatic carbocycles. The summed E-state index contributed by atoms with van der Waals surface area (Å²) in [6.45, 7) is 3.38. The van der Waals surface area contributed by atoms with Crippen LogP contribution in [0.25, 0.3) is 5.82 Å². The monoisotopic (exact) mass is 242 g/mol. The standard InChI is InChI=1S/C14H18N4/c1-2-12-5-4-9-18(12)14-7-3-6-13(16-14)17-10-8-15-11-17/h3,6-8,10-12H,2,4-5,9H2,1H3. The van der Waals surface area contributed by atoms with Crippen molar-refractivity contribution in [3.05, 3.63) is 36.9 Å². The maximum Gasteiger partial charge on any atom is 0.140 e. The Kier molecular flexibility index (Phi) is 3.00. The van der Waals surface area contributed by atoms with Gasteiger partial charge in [-0.2, -0.15) is 0 Å². The van der Waals surface area contributed by atoms with Crippen LogP contribution in [-0.4, -0.2) is 27.1 Å². The molecule has 0 radical (unpaired) electrons. The normalized spacial score (nSPS) is 19.4. The van der Waals surface area contributed by atoms with Gasteiger partial charge in [-0.05, 0) is 31.4 Å². The summed E-state index contributed by atoms with van der Waals surface area (Å²) in [4.78, 5) is 11.2. The quantitative estimate of drug-likeness (QED) is 0.829. The number of anilines is 1. The largest absolute Gasteiger partial charge is 0.354 e. The minimum Gasteiger partial charge on any atom is -0.354 e. The van der Waals surface area contributed by atoms with Crippen molar-refractivity contribution in [2.24, 2.45) is 0 Å². The average Bonchev–Trinajstić information content (AvgIpc) is 3.10. The molecule has 94 valence electrons. The highest BCUT2D eigenvalue weighted by molar-refractivity contribution is 5.44. The summed E-state index contributed by atoms with van der Waals surface area (Å²) in [5.41, 5.74) is 0. The second kappa shape index (κ2) is 4.80. The molecule has 2 aromatic rings. The van der Waals surface area contributed by atoms with Gasteiger partial charge in [0, 0.05) is 25.0 Å². The summed E-state index contributed by atoms with van der Waals surface area (Å²) < 4.78 is 1.94. The van der Waals surface area contributed by atoms with Gasteiger partial charge in [-0.15, -0.1) is 0 Å². The third-order valence-corrected chi connectivity index (χ3v) is 3.63. The summed E-state index contributed by atoms with van der Waals surface area (Å²) in [5.74, 6) is 2.03. The average molecular weight is 242 g/mol. The van der Waals surface area contributed by atoms with Crippen LogP contribution in [0.5, 0.6) is 0 Å². The minimum absolute atomic E-state index is 0.649. The molecule has 1 aliphatic heterocycles. The third kappa shape index (κ3) is 1.98. The van der Waals surface area contributed by atoms with E-state index in [0.29, 0.717) is 6.04 Å². The first kappa shape index (κ1) is 11.3. The second-order valence-corrected chi connectivity index (χ2v) is 4.72. The van der Waals surface area contributed by atoms with Crippen molar-refractivity contribution in [2.75, 3.05) is 11.4 Å². The van der Waals surface area contributed by atoms with E-state index in [1.807, 2.05) is 16.8 Å². The number of pyridine rings is 1. The van der Waals surface area contributed by atoms with Crippen molar-refractivity contribution in [1.29, 1.82) is 0 Å². The Hall–Kier alpha value is -1.84. The summed E-state index contributed by atoms with van der Waals surface area (Å²) in [5, 5.41) is 0. The van der Waals surface area contributed by atoms with Gasteiger partial charge in [-0.1, -0.05) is 13.0 Å². The molecule has 0 saturated carbocycles. The lowest BCUT2D eigenvalue weighted by atomic mass is 10.2. The summed E-state index contributed by atoms with van der Waals surface area (Å²) in [7, 11) is 0. The van der Waals surface area contributed by atoms with E-state index >= 15 is 0 Å². The van der Waals surface area contributed by atoms with Crippen molar-refractivity contribution in [3.8, 4) is 5.82 Å². The lowest BCUT2D eigenvalue weighted by molar-refractivity contribution is 0.640. The van der Waals surface area contributed by atoms with Crippen LogP contribution in [0.1, 0.15) is 26.2 Å². The van der Waals surface area contributed by atoms with Gasteiger partial charge in [0.2, 0.25) is 0 Å². The second-order valence-electron chi connectivity index (χ2n) is 4.72. The van der Waals surface area contributed by atoms with Crippen molar-refractivity contribution in [3.63, 3.8) is 0 Å². The molecule has 1 saturated heterocycles. The van der Waals surface area contributed by atoms with Gasteiger partial charge in [-0.3, -0.25) is 4.57 Å². The van der Waals surface area contributed by atoms with Gasteiger partial charge in [0.25, 0.3) is 0 Å². The van der Waals surface area contributed by atoms with Crippen LogP contribution in [0.2, 0.25) is 0 Å². The van der Waals surface area contributed by atoms with Crippen LogP contribution in [-0.2, 0) is 0 Å². The van der Waals surface area contributed by atoms with E-state index in [-0.39, 0.29) is 0 Å². The van der Waals surface area contributed by atoms with Crippen LogP contribution < -0.4 is 4.90 Å². The fourth-order valence-electron chi connectivity index (χ4n) is 2.67. The van der Waals surface area contributed by atoms with Gasteiger partial charge in [0.1, 0.15) is 18.0 Å². The summed E-state index contributed by atoms with van der Waals surface area (Å²) in [6.07, 6.45) is 9.24. The van der Waals surface area contributed by atoms with Crippen molar-refractivity contribution in [1.82, 2.24) is 14.5 Å². The van der Waals surface area contributed by atoms with Gasteiger partial charge in [0.05, 0.1) is 0 Å². The first-order valence-corrected chi connectivity index (χ1v) is 6.60. The molecule has 1 aliphatic rings. The van der Waals surface area contributed by atoms with Gasteiger partial charge in [0.15, 0.2) is 0 Å². The van der Waals surface area contributed by atoms with Crippen LogP contribution in [0.3, 0.4) is 0 Å². The van der Waals surface area contributed by atoms with Gasteiger partial charge >= 0.3 is 0 Å². The Morgan fingerprint density at radius 2 is 2.22 bits per heavy atom. The zero-order chi connectivity index (χ0) is 12.4. The number of aromatic nitrogens is 3. The number of hydrogen-bond donors (Lipinski definition) is 0. The molecule has 1 unspecified atom stereocenters. The maximum absolute atomic E-state index is 4.74. The summed E-state index contributed by atoms with van der Waals surface area (Å²) >= 11 is 0. The molecule has 4 heteroatoms. The molecule has 4 nitrogen and oxygen atoms in total. The van der Waals surface area contributed by atoms with E-state index in [0.717, 1.165) is 18.2 Å². The molecule has 0 bridgehead atoms. The lowest BCUT2D eigenvalue weighted by Gasteiger charge is -2.25. The molecule has 0 amide bonds. The zero-order valence-electron chi connectivity index (χ0n) is 10.7. The Bertz CT molecular complexity index is 506. The Morgan fingerprint density at radius 1 is 1.33 bits per heavy atom. The predicted molar refractivity (Wildman–Crippen MR) is 72.0 cm³/mol. The molecule has 1 atom stereocenters. The number of imidazole rings is 1. The van der Waals surface area contributed by atoms with Crippen LogP contribution in [0, 0.1) is 0 Å². The smallest absolute Gasteiger partial charge is 0.140 e. The lowest BCUT2D eigenvalue weighted by Crippen LogP contribution is -2.29. The molecule has 18 heavy (non-hydrogen) atoms. The van der Waals surface area contributed by atoms with E-state index in [1.165, 1.54) is 19.3 Å². The molecular formula is C14H18N4. The maximum atomic E-state index is 4.74. The minimum atomic E-state index is 0.649. The Balaban J connectivity index is 1.91. The zero-order valence-corrected chi connectivity index (χ0v) is 10.7. The predicted octanol–water partition coefficient (Wildman–Crippen LogP) is 2.65. The van der Waals surface area contributed by atoms with E-state index < -0.39 is 0 Å². The molecule has 0 spiro atoms. The third-order valence-electron chi connectivity index (χ3n) is 3.63. The fourth-order valence-corrected chi connectivity index (χ4v) is 2.67. The van der Waals surface area contributed by atoms with E-state index in [4.69, 9.17) is 4.98 Å². The first-order chi connectivity index (χ1) is 8.88. The van der Waals surface area contributed by atoms with Crippen molar-refractivity contribution in [2.45, 2.75) is 32.2 Å². The fraction of sp³-hybridized carbons (Fsp3) is 0.429. The molecular weight excluding hydrogens is 224 g/mol. The van der Waals surface area contributed by atoms with Crippen molar-refractivity contribution < 1.29 is 0 Å². The SMILES string of the molecule is CCC1CCCN1c1cccc(-n2ccnc2)n1. The summed E-state index contributed by atoms with van der Waals surface area (Å²) in [6, 6.07) is 6.84. The van der Waals surface area contributed by atoms with Gasteiger partial charge < -0.3 is 4.90 Å². The topological polar surface area (TPSA) is 34.0 Å². The van der Waals surface area contributed by atoms with Crippen LogP contribution >= 0.6 is 0 Å². The highest BCUT2D eigenvalue weighted by Crippen LogP contribution is 2.26. The van der Waals surface area contributed by atoms with E-state index in [1.54, 1.807) is 12.5 Å². The van der Waals surface area contributed by atoms with Crippen LogP contribution in [0.4, 0.5) is 5.82 Å². The van der Waals surface area contributed by atoms with E-state index in [9.17, 15) is 0 Å². The molecule has 0 N–H and O–H groups in total. The highest BCUT2D eigenvalue weighted by Gasteiger charge is 2.23.